The molecule has 1 aromatic heterocycles. The Bertz CT molecular complexity index is 337. The quantitative estimate of drug-likeness (QED) is 0.859. The predicted octanol–water partition coefficient (Wildman–Crippen LogP) is 3.84. The summed E-state index contributed by atoms with van der Waals surface area (Å²) in [5, 5.41) is 3.43. The van der Waals surface area contributed by atoms with Crippen LogP contribution in [-0.4, -0.2) is 15.6 Å². The maximum Gasteiger partial charge on any atom is 0.203 e. The summed E-state index contributed by atoms with van der Waals surface area (Å²) in [4.78, 5) is 4.42. The third-order valence-electron chi connectivity index (χ3n) is 3.86. The molecule has 1 aliphatic rings. The fraction of sp³-hybridized carbons (Fsp3) is 0.786. The van der Waals surface area contributed by atoms with E-state index in [9.17, 15) is 0 Å². The number of hydrogen-bond acceptors (Lipinski definition) is 2. The molecule has 3 nitrogen and oxygen atoms in total. The van der Waals surface area contributed by atoms with Gasteiger partial charge in [-0.3, -0.25) is 0 Å². The van der Waals surface area contributed by atoms with Gasteiger partial charge in [0.05, 0.1) is 0 Å². The largest absolute Gasteiger partial charge is 0.353 e. The van der Waals surface area contributed by atoms with Gasteiger partial charge >= 0.3 is 0 Å². The van der Waals surface area contributed by atoms with Crippen LogP contribution < -0.4 is 5.32 Å². The Kier molecular flexibility index (Phi) is 4.08. The number of imidazole rings is 1. The lowest BCUT2D eigenvalue weighted by Crippen LogP contribution is -2.22. The molecule has 1 aliphatic carbocycles. The van der Waals surface area contributed by atoms with E-state index in [0.717, 1.165) is 11.9 Å². The molecule has 0 saturated heterocycles. The summed E-state index contributed by atoms with van der Waals surface area (Å²) in [7, 11) is 0. The van der Waals surface area contributed by atoms with E-state index in [4.69, 9.17) is 0 Å². The van der Waals surface area contributed by atoms with Crippen molar-refractivity contribution in [1.29, 1.82) is 0 Å². The van der Waals surface area contributed by atoms with Crippen molar-refractivity contribution in [3.8, 4) is 0 Å². The van der Waals surface area contributed by atoms with Crippen LogP contribution in [0.5, 0.6) is 0 Å². The molecule has 17 heavy (non-hydrogen) atoms. The molecule has 2 rings (SSSR count). The maximum absolute atomic E-state index is 4.42. The topological polar surface area (TPSA) is 29.9 Å². The van der Waals surface area contributed by atoms with E-state index >= 15 is 0 Å². The minimum absolute atomic E-state index is 0.440. The van der Waals surface area contributed by atoms with Gasteiger partial charge in [-0.25, -0.2) is 4.98 Å². The first-order valence-electron chi connectivity index (χ1n) is 6.98. The fourth-order valence-corrected chi connectivity index (χ4v) is 2.86. The zero-order chi connectivity index (χ0) is 12.3. The number of nitrogens with zero attached hydrogens (tertiary/aromatic N) is 2. The van der Waals surface area contributed by atoms with Crippen LogP contribution in [0.1, 0.15) is 58.9 Å². The van der Waals surface area contributed by atoms with Crippen molar-refractivity contribution in [2.45, 2.75) is 65.0 Å². The van der Waals surface area contributed by atoms with Crippen molar-refractivity contribution in [3.05, 3.63) is 12.4 Å². The standard InChI is InChI=1S/C14H25N3/c1-11(2)16-14-15-9-10-17(14)12(3)13-7-5-4-6-8-13/h9-13H,4-8H2,1-3H3,(H,15,16). The third kappa shape index (κ3) is 3.02. The second-order valence-electron chi connectivity index (χ2n) is 5.60. The average molecular weight is 235 g/mol. The average Bonchev–Trinajstić information content (AvgIpc) is 2.76. The fourth-order valence-electron chi connectivity index (χ4n) is 2.86. The Labute approximate surface area is 105 Å². The van der Waals surface area contributed by atoms with E-state index in [1.807, 2.05) is 6.20 Å². The predicted molar refractivity (Wildman–Crippen MR) is 72.3 cm³/mol. The first kappa shape index (κ1) is 12.5. The molecule has 1 heterocycles. The van der Waals surface area contributed by atoms with Crippen molar-refractivity contribution >= 4 is 5.95 Å². The van der Waals surface area contributed by atoms with E-state index in [-0.39, 0.29) is 0 Å². The highest BCUT2D eigenvalue weighted by molar-refractivity contribution is 5.27. The molecule has 96 valence electrons. The van der Waals surface area contributed by atoms with Gasteiger partial charge in [0, 0.05) is 24.5 Å². The van der Waals surface area contributed by atoms with Crippen LogP contribution >= 0.6 is 0 Å². The smallest absolute Gasteiger partial charge is 0.203 e. The molecular formula is C14H25N3. The highest BCUT2D eigenvalue weighted by Crippen LogP contribution is 2.33. The molecular weight excluding hydrogens is 210 g/mol. The van der Waals surface area contributed by atoms with Crippen LogP contribution in [0.25, 0.3) is 0 Å². The van der Waals surface area contributed by atoms with Gasteiger partial charge in [-0.05, 0) is 39.5 Å². The van der Waals surface area contributed by atoms with E-state index < -0.39 is 0 Å². The van der Waals surface area contributed by atoms with Gasteiger partial charge in [0.15, 0.2) is 0 Å². The molecule has 1 aromatic rings. The van der Waals surface area contributed by atoms with Crippen molar-refractivity contribution in [1.82, 2.24) is 9.55 Å². The second-order valence-corrected chi connectivity index (χ2v) is 5.60. The van der Waals surface area contributed by atoms with E-state index in [0.29, 0.717) is 12.1 Å². The number of aromatic nitrogens is 2. The first-order valence-corrected chi connectivity index (χ1v) is 6.98. The van der Waals surface area contributed by atoms with Crippen molar-refractivity contribution in [2.24, 2.45) is 5.92 Å². The molecule has 0 aliphatic heterocycles. The van der Waals surface area contributed by atoms with Gasteiger partial charge in [-0.2, -0.15) is 0 Å². The van der Waals surface area contributed by atoms with Gasteiger partial charge in [0.25, 0.3) is 0 Å². The van der Waals surface area contributed by atoms with E-state index in [1.165, 1.54) is 32.1 Å². The molecule has 1 saturated carbocycles. The Morgan fingerprint density at radius 3 is 2.59 bits per heavy atom. The molecule has 0 spiro atoms. The summed E-state index contributed by atoms with van der Waals surface area (Å²) >= 11 is 0. The Morgan fingerprint density at radius 1 is 1.24 bits per heavy atom. The second kappa shape index (κ2) is 5.56. The van der Waals surface area contributed by atoms with Gasteiger partial charge in [0.2, 0.25) is 5.95 Å². The zero-order valence-corrected chi connectivity index (χ0v) is 11.3. The molecule has 1 fully saturated rings. The molecule has 0 aromatic carbocycles. The van der Waals surface area contributed by atoms with Gasteiger partial charge in [-0.15, -0.1) is 0 Å². The van der Waals surface area contributed by atoms with E-state index in [1.54, 1.807) is 0 Å². The van der Waals surface area contributed by atoms with Crippen LogP contribution in [0.15, 0.2) is 12.4 Å². The number of hydrogen-bond donors (Lipinski definition) is 1. The first-order chi connectivity index (χ1) is 8.18. The monoisotopic (exact) mass is 235 g/mol. The lowest BCUT2D eigenvalue weighted by Gasteiger charge is -2.29. The lowest BCUT2D eigenvalue weighted by molar-refractivity contribution is 0.265. The molecule has 1 N–H and O–H groups in total. The van der Waals surface area contributed by atoms with Crippen LogP contribution in [0.2, 0.25) is 0 Å². The summed E-state index contributed by atoms with van der Waals surface area (Å²) < 4.78 is 2.32. The summed E-state index contributed by atoms with van der Waals surface area (Å²) in [5.74, 6) is 1.85. The number of rotatable bonds is 4. The van der Waals surface area contributed by atoms with Crippen molar-refractivity contribution in [3.63, 3.8) is 0 Å². The molecule has 0 radical (unpaired) electrons. The Morgan fingerprint density at radius 2 is 1.94 bits per heavy atom. The molecule has 0 bridgehead atoms. The number of nitrogens with one attached hydrogen (secondary N) is 1. The van der Waals surface area contributed by atoms with Crippen LogP contribution in [-0.2, 0) is 0 Å². The summed E-state index contributed by atoms with van der Waals surface area (Å²) in [6.07, 6.45) is 11.0. The minimum atomic E-state index is 0.440. The maximum atomic E-state index is 4.42. The van der Waals surface area contributed by atoms with Crippen LogP contribution in [0.4, 0.5) is 5.95 Å². The molecule has 0 amide bonds. The highest BCUT2D eigenvalue weighted by Gasteiger charge is 2.22. The third-order valence-corrected chi connectivity index (χ3v) is 3.86. The van der Waals surface area contributed by atoms with Gasteiger partial charge in [-0.1, -0.05) is 19.3 Å². The Balaban J connectivity index is 2.07. The van der Waals surface area contributed by atoms with Crippen LogP contribution in [0, 0.1) is 5.92 Å². The summed E-state index contributed by atoms with van der Waals surface area (Å²) in [6, 6.07) is 1.01. The lowest BCUT2D eigenvalue weighted by atomic mass is 9.84. The molecule has 1 atom stereocenters. The normalized spacial score (nSPS) is 19.5. The summed E-state index contributed by atoms with van der Waals surface area (Å²) in [6.45, 7) is 6.65. The zero-order valence-electron chi connectivity index (χ0n) is 11.3. The van der Waals surface area contributed by atoms with Gasteiger partial charge in [0.1, 0.15) is 0 Å². The van der Waals surface area contributed by atoms with Crippen molar-refractivity contribution < 1.29 is 0 Å². The molecule has 3 heteroatoms. The Hall–Kier alpha value is -0.990. The highest BCUT2D eigenvalue weighted by atomic mass is 15.2. The minimum Gasteiger partial charge on any atom is -0.353 e. The van der Waals surface area contributed by atoms with Gasteiger partial charge < -0.3 is 9.88 Å². The van der Waals surface area contributed by atoms with Crippen LogP contribution in [0.3, 0.4) is 0 Å². The summed E-state index contributed by atoms with van der Waals surface area (Å²) in [5.41, 5.74) is 0. The van der Waals surface area contributed by atoms with E-state index in [2.05, 4.69) is 41.8 Å². The van der Waals surface area contributed by atoms with Crippen molar-refractivity contribution in [2.75, 3.05) is 5.32 Å². The SMILES string of the molecule is CC(C)Nc1nccn1C(C)C1CCCCC1. The molecule has 1 unspecified atom stereocenters. The number of anilines is 1.